The fraction of sp³-hybridized carbons (Fsp3) is 0.0909. The third kappa shape index (κ3) is 5.30. The molecule has 144 valence electrons. The van der Waals surface area contributed by atoms with Gasteiger partial charge in [-0.2, -0.15) is 0 Å². The predicted octanol–water partition coefficient (Wildman–Crippen LogP) is 4.45. The molecule has 2 aromatic heterocycles. The molecule has 0 fully saturated rings. The van der Waals surface area contributed by atoms with E-state index in [9.17, 15) is 4.79 Å². The summed E-state index contributed by atoms with van der Waals surface area (Å²) in [6.45, 7) is 0. The second-order valence-electron chi connectivity index (χ2n) is 6.31. The summed E-state index contributed by atoms with van der Waals surface area (Å²) >= 11 is 1.21. The normalized spacial score (nSPS) is 10.6. The molecule has 6 nitrogen and oxygen atoms in total. The number of hydrogen-bond donors (Lipinski definition) is 1. The Morgan fingerprint density at radius 2 is 1.62 bits per heavy atom. The number of hydrogen-bond acceptors (Lipinski definition) is 6. The Hall–Kier alpha value is -3.45. The van der Waals surface area contributed by atoms with Crippen molar-refractivity contribution in [1.82, 2.24) is 15.2 Å². The minimum Gasteiger partial charge on any atom is -0.411 e. The molecular formula is C22H18N4O2S. The SMILES string of the molecule is O=C(CSc1nnc(-c2ccccc2)o1)Nc1ccc(Cc2ccncc2)cc1. The van der Waals surface area contributed by atoms with Crippen LogP contribution in [0.15, 0.2) is 88.8 Å². The first-order valence-electron chi connectivity index (χ1n) is 9.06. The van der Waals surface area contributed by atoms with Crippen molar-refractivity contribution in [2.75, 3.05) is 11.1 Å². The van der Waals surface area contributed by atoms with Gasteiger partial charge < -0.3 is 9.73 Å². The predicted molar refractivity (Wildman–Crippen MR) is 113 cm³/mol. The molecule has 1 amide bonds. The fourth-order valence-electron chi connectivity index (χ4n) is 2.73. The summed E-state index contributed by atoms with van der Waals surface area (Å²) in [5.74, 6) is 0.504. The highest BCUT2D eigenvalue weighted by Gasteiger charge is 2.11. The van der Waals surface area contributed by atoms with Crippen LogP contribution in [0.4, 0.5) is 5.69 Å². The van der Waals surface area contributed by atoms with Gasteiger partial charge in [0.2, 0.25) is 11.8 Å². The van der Waals surface area contributed by atoms with Gasteiger partial charge in [0, 0.05) is 23.6 Å². The zero-order valence-electron chi connectivity index (χ0n) is 15.5. The van der Waals surface area contributed by atoms with Gasteiger partial charge in [-0.25, -0.2) is 0 Å². The van der Waals surface area contributed by atoms with Crippen molar-refractivity contribution in [3.05, 3.63) is 90.3 Å². The number of amides is 1. The number of aromatic nitrogens is 3. The lowest BCUT2D eigenvalue weighted by molar-refractivity contribution is -0.113. The Morgan fingerprint density at radius 1 is 0.897 bits per heavy atom. The first-order chi connectivity index (χ1) is 14.3. The third-order valence-corrected chi connectivity index (χ3v) is 4.97. The molecule has 0 unspecified atom stereocenters. The second-order valence-corrected chi connectivity index (χ2v) is 7.23. The Balaban J connectivity index is 1.28. The summed E-state index contributed by atoms with van der Waals surface area (Å²) in [6.07, 6.45) is 4.40. The highest BCUT2D eigenvalue weighted by molar-refractivity contribution is 7.99. The van der Waals surface area contributed by atoms with E-state index in [1.54, 1.807) is 12.4 Å². The summed E-state index contributed by atoms with van der Waals surface area (Å²) < 4.78 is 5.60. The van der Waals surface area contributed by atoms with Crippen LogP contribution >= 0.6 is 11.8 Å². The van der Waals surface area contributed by atoms with Gasteiger partial charge in [-0.05, 0) is 53.9 Å². The van der Waals surface area contributed by atoms with Gasteiger partial charge in [0.05, 0.1) is 5.75 Å². The molecule has 0 radical (unpaired) electrons. The number of thioether (sulfide) groups is 1. The van der Waals surface area contributed by atoms with E-state index in [2.05, 4.69) is 20.5 Å². The van der Waals surface area contributed by atoms with Gasteiger partial charge in [0.1, 0.15) is 0 Å². The first kappa shape index (κ1) is 18.9. The summed E-state index contributed by atoms with van der Waals surface area (Å²) in [5.41, 5.74) is 3.97. The first-order valence-corrected chi connectivity index (χ1v) is 10.0. The topological polar surface area (TPSA) is 80.9 Å². The zero-order chi connectivity index (χ0) is 19.9. The summed E-state index contributed by atoms with van der Waals surface area (Å²) in [6, 6.07) is 21.3. The third-order valence-electron chi connectivity index (χ3n) is 4.15. The number of nitrogens with one attached hydrogen (secondary N) is 1. The Kier molecular flexibility index (Phi) is 5.97. The standard InChI is InChI=1S/C22H18N4O2S/c27-20(15-29-22-26-25-21(28-22)18-4-2-1-3-5-18)24-19-8-6-16(7-9-19)14-17-10-12-23-13-11-17/h1-13H,14-15H2,(H,24,27). The van der Waals surface area contributed by atoms with Crippen LogP contribution in [-0.2, 0) is 11.2 Å². The van der Waals surface area contributed by atoms with Gasteiger partial charge in [-0.1, -0.05) is 42.1 Å². The van der Waals surface area contributed by atoms with E-state index < -0.39 is 0 Å². The van der Waals surface area contributed by atoms with Crippen LogP contribution in [0.2, 0.25) is 0 Å². The average Bonchev–Trinajstić information content (AvgIpc) is 3.24. The van der Waals surface area contributed by atoms with E-state index >= 15 is 0 Å². The molecule has 0 aliphatic rings. The number of pyridine rings is 1. The van der Waals surface area contributed by atoms with Crippen molar-refractivity contribution in [3.8, 4) is 11.5 Å². The molecule has 4 aromatic rings. The van der Waals surface area contributed by atoms with Crippen LogP contribution in [0.25, 0.3) is 11.5 Å². The van der Waals surface area contributed by atoms with Gasteiger partial charge in [-0.15, -0.1) is 10.2 Å². The van der Waals surface area contributed by atoms with Gasteiger partial charge in [0.15, 0.2) is 0 Å². The highest BCUT2D eigenvalue weighted by Crippen LogP contribution is 2.23. The number of carbonyl (C=O) groups excluding carboxylic acids is 1. The van der Waals surface area contributed by atoms with Crippen molar-refractivity contribution in [2.24, 2.45) is 0 Å². The fourth-order valence-corrected chi connectivity index (χ4v) is 3.30. The summed E-state index contributed by atoms with van der Waals surface area (Å²) in [7, 11) is 0. The maximum atomic E-state index is 12.2. The molecule has 29 heavy (non-hydrogen) atoms. The van der Waals surface area contributed by atoms with Crippen LogP contribution < -0.4 is 5.32 Å². The van der Waals surface area contributed by atoms with Crippen molar-refractivity contribution in [1.29, 1.82) is 0 Å². The van der Waals surface area contributed by atoms with Crippen LogP contribution in [0.3, 0.4) is 0 Å². The van der Waals surface area contributed by atoms with Crippen molar-refractivity contribution < 1.29 is 9.21 Å². The maximum Gasteiger partial charge on any atom is 0.277 e. The van der Waals surface area contributed by atoms with Crippen LogP contribution in [-0.4, -0.2) is 26.8 Å². The lowest BCUT2D eigenvalue weighted by Gasteiger charge is -2.06. The van der Waals surface area contributed by atoms with Gasteiger partial charge in [-0.3, -0.25) is 9.78 Å². The van der Waals surface area contributed by atoms with E-state index in [0.29, 0.717) is 11.1 Å². The van der Waals surface area contributed by atoms with E-state index in [1.807, 2.05) is 66.7 Å². The van der Waals surface area contributed by atoms with Gasteiger partial charge >= 0.3 is 0 Å². The van der Waals surface area contributed by atoms with Crippen molar-refractivity contribution in [3.63, 3.8) is 0 Å². The number of nitrogens with zero attached hydrogens (tertiary/aromatic N) is 3. The average molecular weight is 402 g/mol. The zero-order valence-corrected chi connectivity index (χ0v) is 16.3. The minimum atomic E-state index is -0.128. The Morgan fingerprint density at radius 3 is 2.38 bits per heavy atom. The van der Waals surface area contributed by atoms with E-state index in [0.717, 1.165) is 17.7 Å². The molecule has 2 heterocycles. The molecule has 1 N–H and O–H groups in total. The Bertz CT molecular complexity index is 1070. The lowest BCUT2D eigenvalue weighted by Crippen LogP contribution is -2.13. The quantitative estimate of drug-likeness (QED) is 0.460. The van der Waals surface area contributed by atoms with Gasteiger partial charge in [0.25, 0.3) is 5.22 Å². The highest BCUT2D eigenvalue weighted by atomic mass is 32.2. The number of benzene rings is 2. The van der Waals surface area contributed by atoms with Crippen molar-refractivity contribution >= 4 is 23.4 Å². The molecule has 2 aromatic carbocycles. The molecule has 0 bridgehead atoms. The van der Waals surface area contributed by atoms with Crippen LogP contribution in [0.1, 0.15) is 11.1 Å². The monoisotopic (exact) mass is 402 g/mol. The molecular weight excluding hydrogens is 384 g/mol. The summed E-state index contributed by atoms with van der Waals surface area (Å²) in [5, 5.41) is 11.3. The smallest absolute Gasteiger partial charge is 0.277 e. The molecule has 0 saturated carbocycles. The molecule has 0 spiro atoms. The molecule has 0 saturated heterocycles. The largest absolute Gasteiger partial charge is 0.411 e. The molecule has 0 aliphatic carbocycles. The van der Waals surface area contributed by atoms with E-state index in [-0.39, 0.29) is 11.7 Å². The van der Waals surface area contributed by atoms with Crippen molar-refractivity contribution in [2.45, 2.75) is 11.6 Å². The molecule has 0 aliphatic heterocycles. The molecule has 0 atom stereocenters. The number of rotatable bonds is 7. The second kappa shape index (κ2) is 9.16. The number of carbonyl (C=O) groups is 1. The molecule has 4 rings (SSSR count). The van der Waals surface area contributed by atoms with E-state index in [1.165, 1.54) is 22.9 Å². The van der Waals surface area contributed by atoms with Crippen LogP contribution in [0, 0.1) is 0 Å². The van der Waals surface area contributed by atoms with Crippen LogP contribution in [0.5, 0.6) is 0 Å². The molecule has 7 heteroatoms. The lowest BCUT2D eigenvalue weighted by atomic mass is 10.1. The van der Waals surface area contributed by atoms with E-state index in [4.69, 9.17) is 4.42 Å². The summed E-state index contributed by atoms with van der Waals surface area (Å²) in [4.78, 5) is 16.2. The Labute approximate surface area is 172 Å². The minimum absolute atomic E-state index is 0.128. The maximum absolute atomic E-state index is 12.2. The number of anilines is 1.